The van der Waals surface area contributed by atoms with Crippen LogP contribution >= 0.6 is 0 Å². The van der Waals surface area contributed by atoms with Crippen LogP contribution in [-0.2, 0) is 9.47 Å². The average molecular weight is 134 g/mol. The number of nitrogens with one attached hydrogen (secondary N) is 1. The highest BCUT2D eigenvalue weighted by Crippen LogP contribution is 1.81. The summed E-state index contributed by atoms with van der Waals surface area (Å²) in [6, 6.07) is -0.677. The van der Waals surface area contributed by atoms with Gasteiger partial charge in [0, 0.05) is 14.2 Å². The molecule has 9 heavy (non-hydrogen) atoms. The Labute approximate surface area is 53.1 Å². The zero-order valence-corrected chi connectivity index (χ0v) is 5.38. The number of hydrogen-bond donors (Lipinski definition) is 2. The van der Waals surface area contributed by atoms with Crippen LogP contribution in [-0.4, -0.2) is 26.7 Å². The maximum atomic E-state index is 10.1. The molecule has 0 fully saturated rings. The Morgan fingerprint density at radius 3 is 2.11 bits per heavy atom. The first-order chi connectivity index (χ1) is 4.20. The van der Waals surface area contributed by atoms with Gasteiger partial charge >= 0.3 is 6.03 Å². The third-order valence-corrected chi connectivity index (χ3v) is 0.688. The van der Waals surface area contributed by atoms with Crippen LogP contribution in [0.3, 0.4) is 0 Å². The highest BCUT2D eigenvalue weighted by molar-refractivity contribution is 5.71. The third kappa shape index (κ3) is 3.75. The second kappa shape index (κ2) is 4.11. The molecule has 0 aliphatic rings. The summed E-state index contributed by atoms with van der Waals surface area (Å²) in [5, 5.41) is 2.17. The molecule has 54 valence electrons. The van der Waals surface area contributed by atoms with E-state index in [1.54, 1.807) is 0 Å². The molecule has 0 heterocycles. The van der Waals surface area contributed by atoms with Crippen LogP contribution < -0.4 is 11.1 Å². The normalized spacial score (nSPS) is 9.67. The van der Waals surface area contributed by atoms with Crippen molar-refractivity contribution in [2.75, 3.05) is 14.2 Å². The van der Waals surface area contributed by atoms with Crippen LogP contribution in [0.25, 0.3) is 0 Å². The number of primary amides is 1. The molecule has 0 atom stereocenters. The third-order valence-electron chi connectivity index (χ3n) is 0.688. The topological polar surface area (TPSA) is 73.6 Å². The second-order valence-corrected chi connectivity index (χ2v) is 1.31. The van der Waals surface area contributed by atoms with Gasteiger partial charge in [-0.15, -0.1) is 0 Å². The van der Waals surface area contributed by atoms with Gasteiger partial charge in [-0.05, 0) is 0 Å². The fraction of sp³-hybridized carbons (Fsp3) is 0.750. The van der Waals surface area contributed by atoms with Gasteiger partial charge in [-0.2, -0.15) is 0 Å². The van der Waals surface area contributed by atoms with Crippen molar-refractivity contribution < 1.29 is 14.3 Å². The lowest BCUT2D eigenvalue weighted by Crippen LogP contribution is -2.40. The predicted molar refractivity (Wildman–Crippen MR) is 30.5 cm³/mol. The minimum Gasteiger partial charge on any atom is -0.352 e. The SMILES string of the molecule is COC(NC(N)=O)OC. The van der Waals surface area contributed by atoms with E-state index in [-0.39, 0.29) is 0 Å². The minimum atomic E-state index is -0.748. The van der Waals surface area contributed by atoms with E-state index in [9.17, 15) is 4.79 Å². The fourth-order valence-corrected chi connectivity index (χ4v) is 0.330. The lowest BCUT2D eigenvalue weighted by Gasteiger charge is -2.11. The van der Waals surface area contributed by atoms with Crippen molar-refractivity contribution in [2.45, 2.75) is 6.41 Å². The summed E-state index contributed by atoms with van der Waals surface area (Å²) in [6.07, 6.45) is -0.748. The van der Waals surface area contributed by atoms with Crippen LogP contribution in [0.1, 0.15) is 0 Å². The maximum absolute atomic E-state index is 10.1. The molecule has 0 saturated carbocycles. The molecule has 0 aliphatic heterocycles. The quantitative estimate of drug-likeness (QED) is 0.498. The zero-order chi connectivity index (χ0) is 7.28. The van der Waals surface area contributed by atoms with E-state index in [1.807, 2.05) is 0 Å². The van der Waals surface area contributed by atoms with Gasteiger partial charge in [0.15, 0.2) is 0 Å². The van der Waals surface area contributed by atoms with E-state index >= 15 is 0 Å². The molecule has 0 aromatic rings. The van der Waals surface area contributed by atoms with Crippen molar-refractivity contribution in [1.29, 1.82) is 0 Å². The van der Waals surface area contributed by atoms with Crippen molar-refractivity contribution in [1.82, 2.24) is 5.32 Å². The molecule has 5 heteroatoms. The summed E-state index contributed by atoms with van der Waals surface area (Å²) < 4.78 is 9.15. The van der Waals surface area contributed by atoms with Crippen molar-refractivity contribution in [3.05, 3.63) is 0 Å². The van der Waals surface area contributed by atoms with E-state index in [4.69, 9.17) is 5.73 Å². The first-order valence-electron chi connectivity index (χ1n) is 2.32. The Balaban J connectivity index is 3.43. The number of hydrogen-bond acceptors (Lipinski definition) is 3. The smallest absolute Gasteiger partial charge is 0.316 e. The Morgan fingerprint density at radius 1 is 1.56 bits per heavy atom. The van der Waals surface area contributed by atoms with Crippen LogP contribution in [0.2, 0.25) is 0 Å². The van der Waals surface area contributed by atoms with E-state index in [0.29, 0.717) is 0 Å². The lowest BCUT2D eigenvalue weighted by atomic mass is 10.9. The summed E-state index contributed by atoms with van der Waals surface area (Å²) in [5.74, 6) is 0. The van der Waals surface area contributed by atoms with Crippen molar-refractivity contribution >= 4 is 6.03 Å². The Kier molecular flexibility index (Phi) is 3.74. The molecule has 5 nitrogen and oxygen atoms in total. The fourth-order valence-electron chi connectivity index (χ4n) is 0.330. The molecule has 0 aromatic carbocycles. The van der Waals surface area contributed by atoms with Gasteiger partial charge in [0.1, 0.15) is 0 Å². The molecule has 0 aromatic heterocycles. The molecule has 0 bridgehead atoms. The van der Waals surface area contributed by atoms with E-state index < -0.39 is 12.4 Å². The van der Waals surface area contributed by atoms with E-state index in [0.717, 1.165) is 0 Å². The largest absolute Gasteiger partial charge is 0.352 e. The highest BCUT2D eigenvalue weighted by Gasteiger charge is 2.03. The van der Waals surface area contributed by atoms with Crippen LogP contribution in [0.15, 0.2) is 0 Å². The van der Waals surface area contributed by atoms with Crippen molar-refractivity contribution in [3.63, 3.8) is 0 Å². The predicted octanol–water partition coefficient (Wildman–Crippen LogP) is -0.769. The molecule has 0 rings (SSSR count). The van der Waals surface area contributed by atoms with Crippen LogP contribution in [0.5, 0.6) is 0 Å². The summed E-state index contributed by atoms with van der Waals surface area (Å²) in [5.41, 5.74) is 4.73. The van der Waals surface area contributed by atoms with E-state index in [2.05, 4.69) is 14.8 Å². The van der Waals surface area contributed by atoms with Gasteiger partial charge in [0.25, 0.3) is 0 Å². The standard InChI is InChI=1S/C4H10N2O3/c1-8-4(9-2)6-3(5)7/h4H,1-2H3,(H3,5,6,7). The minimum absolute atomic E-state index is 0.677. The molecule has 3 N–H and O–H groups in total. The molecule has 0 aliphatic carbocycles. The number of carbonyl (C=O) groups is 1. The zero-order valence-electron chi connectivity index (χ0n) is 5.38. The number of methoxy groups -OCH3 is 2. The highest BCUT2D eigenvalue weighted by atomic mass is 16.7. The van der Waals surface area contributed by atoms with Gasteiger partial charge in [-0.3, -0.25) is 5.32 Å². The summed E-state index contributed by atoms with van der Waals surface area (Å²) in [4.78, 5) is 10.1. The van der Waals surface area contributed by atoms with Gasteiger partial charge < -0.3 is 15.2 Å². The molecular weight excluding hydrogens is 124 g/mol. The van der Waals surface area contributed by atoms with E-state index in [1.165, 1.54) is 14.2 Å². The number of rotatable bonds is 3. The molecule has 2 amide bonds. The van der Waals surface area contributed by atoms with Crippen LogP contribution in [0, 0.1) is 0 Å². The maximum Gasteiger partial charge on any atom is 0.316 e. The number of ether oxygens (including phenoxy) is 2. The Bertz CT molecular complexity index is 91.8. The second-order valence-electron chi connectivity index (χ2n) is 1.31. The summed E-state index contributed by atoms with van der Waals surface area (Å²) in [7, 11) is 2.79. The van der Waals surface area contributed by atoms with Gasteiger partial charge in [-0.25, -0.2) is 4.79 Å². The first-order valence-corrected chi connectivity index (χ1v) is 2.32. The van der Waals surface area contributed by atoms with Crippen molar-refractivity contribution in [3.8, 4) is 0 Å². The Hall–Kier alpha value is -0.810. The molecule has 0 unspecified atom stereocenters. The molecular formula is C4H10N2O3. The van der Waals surface area contributed by atoms with Crippen molar-refractivity contribution in [2.24, 2.45) is 5.73 Å². The Morgan fingerprint density at radius 2 is 2.00 bits per heavy atom. The lowest BCUT2D eigenvalue weighted by molar-refractivity contribution is -0.114. The van der Waals surface area contributed by atoms with Gasteiger partial charge in [-0.1, -0.05) is 0 Å². The van der Waals surface area contributed by atoms with Gasteiger partial charge in [0.05, 0.1) is 0 Å². The average Bonchev–Trinajstić information content (AvgIpc) is 1.82. The summed E-state index contributed by atoms with van der Waals surface area (Å²) >= 11 is 0. The molecule has 0 radical (unpaired) electrons. The number of nitrogens with two attached hydrogens (primary N) is 1. The van der Waals surface area contributed by atoms with Crippen LogP contribution in [0.4, 0.5) is 4.79 Å². The summed E-state index contributed by atoms with van der Waals surface area (Å²) in [6.45, 7) is 0. The van der Waals surface area contributed by atoms with Gasteiger partial charge in [0.2, 0.25) is 6.41 Å². The molecule has 0 spiro atoms. The number of carbonyl (C=O) groups excluding carboxylic acids is 1. The number of urea groups is 1. The molecule has 0 saturated heterocycles. The first kappa shape index (κ1) is 8.19. The monoisotopic (exact) mass is 134 g/mol. The number of amides is 2.